The minimum Gasteiger partial charge on any atom is -0.340 e. The highest BCUT2D eigenvalue weighted by atomic mass is 16.2. The van der Waals surface area contributed by atoms with Crippen molar-refractivity contribution in [1.29, 1.82) is 0 Å². The van der Waals surface area contributed by atoms with E-state index < -0.39 is 0 Å². The van der Waals surface area contributed by atoms with Crippen molar-refractivity contribution >= 4 is 22.5 Å². The number of nitrogens with zero attached hydrogens (tertiary/aromatic N) is 2. The third kappa shape index (κ3) is 3.13. The summed E-state index contributed by atoms with van der Waals surface area (Å²) >= 11 is 0. The van der Waals surface area contributed by atoms with Gasteiger partial charge in [-0.05, 0) is 26.0 Å². The van der Waals surface area contributed by atoms with E-state index in [2.05, 4.69) is 10.3 Å². The Kier molecular flexibility index (Phi) is 3.93. The molecule has 0 aliphatic carbocycles. The molecule has 0 fully saturated rings. The topological polar surface area (TPSA) is 64.0 Å². The quantitative estimate of drug-likeness (QED) is 0.809. The molecule has 1 N–H and O–H groups in total. The van der Waals surface area contributed by atoms with Gasteiger partial charge in [0.05, 0.1) is 11.2 Å². The Bertz CT molecular complexity index is 913. The molecule has 3 aromatic rings. The van der Waals surface area contributed by atoms with Gasteiger partial charge >= 0.3 is 0 Å². The lowest BCUT2D eigenvalue weighted by atomic mass is 10.2. The maximum atomic E-state index is 12.4. The first-order valence-corrected chi connectivity index (χ1v) is 7.36. The van der Waals surface area contributed by atoms with Gasteiger partial charge in [0.1, 0.15) is 6.54 Å². The molecule has 116 valence electrons. The number of hydrogen-bond acceptors (Lipinski definition) is 3. The van der Waals surface area contributed by atoms with E-state index in [0.29, 0.717) is 5.69 Å². The molecule has 0 radical (unpaired) electrons. The Hall–Kier alpha value is -2.95. The molecule has 2 aromatic heterocycles. The van der Waals surface area contributed by atoms with E-state index in [1.165, 1.54) is 12.1 Å². The molecule has 3 rings (SSSR count). The number of benzene rings is 1. The van der Waals surface area contributed by atoms with Gasteiger partial charge in [-0.25, -0.2) is 0 Å². The zero-order chi connectivity index (χ0) is 16.4. The molecule has 0 aliphatic rings. The number of aromatic nitrogens is 2. The summed E-state index contributed by atoms with van der Waals surface area (Å²) in [5, 5.41) is 3.88. The van der Waals surface area contributed by atoms with Crippen molar-refractivity contribution in [3.05, 3.63) is 70.3 Å². The van der Waals surface area contributed by atoms with E-state index in [9.17, 15) is 9.59 Å². The number of amides is 1. The maximum Gasteiger partial charge on any atom is 0.244 e. The number of anilines is 1. The van der Waals surface area contributed by atoms with Crippen molar-refractivity contribution in [3.63, 3.8) is 0 Å². The van der Waals surface area contributed by atoms with Crippen LogP contribution in [0.1, 0.15) is 11.4 Å². The Morgan fingerprint density at radius 3 is 2.57 bits per heavy atom. The number of hydrogen-bond donors (Lipinski definition) is 1. The van der Waals surface area contributed by atoms with Crippen LogP contribution in [0, 0.1) is 13.8 Å². The molecule has 1 amide bonds. The van der Waals surface area contributed by atoms with Crippen LogP contribution in [0.5, 0.6) is 0 Å². The SMILES string of the molecule is Cc1cc(=O)cc(C)n1CC(=O)Nc1cccc2cccnc12. The zero-order valence-electron chi connectivity index (χ0n) is 13.0. The van der Waals surface area contributed by atoms with Gasteiger partial charge in [-0.3, -0.25) is 14.6 Å². The number of carbonyl (C=O) groups is 1. The van der Waals surface area contributed by atoms with E-state index in [-0.39, 0.29) is 17.9 Å². The lowest BCUT2D eigenvalue weighted by molar-refractivity contribution is -0.116. The molecule has 5 nitrogen and oxygen atoms in total. The molecule has 23 heavy (non-hydrogen) atoms. The van der Waals surface area contributed by atoms with Crippen LogP contribution in [-0.4, -0.2) is 15.5 Å². The summed E-state index contributed by atoms with van der Waals surface area (Å²) in [6, 6.07) is 12.5. The van der Waals surface area contributed by atoms with Crippen LogP contribution in [0.3, 0.4) is 0 Å². The summed E-state index contributed by atoms with van der Waals surface area (Å²) in [4.78, 5) is 28.2. The number of nitrogens with one attached hydrogen (secondary N) is 1. The van der Waals surface area contributed by atoms with Crippen molar-refractivity contribution in [1.82, 2.24) is 9.55 Å². The van der Waals surface area contributed by atoms with Gasteiger partial charge in [0.2, 0.25) is 5.91 Å². The second-order valence-electron chi connectivity index (χ2n) is 5.49. The van der Waals surface area contributed by atoms with Gasteiger partial charge in [0, 0.05) is 35.1 Å². The van der Waals surface area contributed by atoms with Crippen LogP contribution in [0.2, 0.25) is 0 Å². The summed E-state index contributed by atoms with van der Waals surface area (Å²) in [5.74, 6) is -0.155. The van der Waals surface area contributed by atoms with E-state index in [0.717, 1.165) is 22.3 Å². The highest BCUT2D eigenvalue weighted by Crippen LogP contribution is 2.20. The summed E-state index contributed by atoms with van der Waals surface area (Å²) in [5.41, 5.74) is 2.93. The summed E-state index contributed by atoms with van der Waals surface area (Å²) in [7, 11) is 0. The molecular weight excluding hydrogens is 290 g/mol. The van der Waals surface area contributed by atoms with Crippen molar-refractivity contribution in [2.75, 3.05) is 5.32 Å². The second-order valence-corrected chi connectivity index (χ2v) is 5.49. The van der Waals surface area contributed by atoms with Crippen molar-refractivity contribution in [2.45, 2.75) is 20.4 Å². The first-order chi connectivity index (χ1) is 11.0. The van der Waals surface area contributed by atoms with E-state index in [1.54, 1.807) is 6.20 Å². The summed E-state index contributed by atoms with van der Waals surface area (Å²) < 4.78 is 1.81. The Morgan fingerprint density at radius 2 is 1.83 bits per heavy atom. The average molecular weight is 307 g/mol. The summed E-state index contributed by atoms with van der Waals surface area (Å²) in [6.07, 6.45) is 1.70. The largest absolute Gasteiger partial charge is 0.340 e. The minimum atomic E-state index is -0.155. The van der Waals surface area contributed by atoms with Gasteiger partial charge in [0.15, 0.2) is 5.43 Å². The van der Waals surface area contributed by atoms with E-state index >= 15 is 0 Å². The lowest BCUT2D eigenvalue weighted by Crippen LogP contribution is -2.23. The third-order valence-electron chi connectivity index (χ3n) is 3.76. The zero-order valence-corrected chi connectivity index (χ0v) is 13.0. The molecule has 0 aliphatic heterocycles. The molecule has 2 heterocycles. The van der Waals surface area contributed by atoms with Crippen molar-refractivity contribution < 1.29 is 4.79 Å². The highest BCUT2D eigenvalue weighted by molar-refractivity contribution is 6.00. The van der Waals surface area contributed by atoms with Crippen LogP contribution in [0.15, 0.2) is 53.5 Å². The van der Waals surface area contributed by atoms with Gasteiger partial charge in [-0.1, -0.05) is 18.2 Å². The van der Waals surface area contributed by atoms with Gasteiger partial charge in [-0.15, -0.1) is 0 Å². The maximum absolute atomic E-state index is 12.4. The molecule has 0 bridgehead atoms. The number of pyridine rings is 2. The smallest absolute Gasteiger partial charge is 0.244 e. The normalized spacial score (nSPS) is 10.7. The van der Waals surface area contributed by atoms with Crippen LogP contribution in [-0.2, 0) is 11.3 Å². The second kappa shape index (κ2) is 6.04. The van der Waals surface area contributed by atoms with Crippen LogP contribution < -0.4 is 10.7 Å². The molecule has 5 heteroatoms. The van der Waals surface area contributed by atoms with Crippen LogP contribution in [0.25, 0.3) is 10.9 Å². The lowest BCUT2D eigenvalue weighted by Gasteiger charge is -2.14. The first kappa shape index (κ1) is 15.0. The molecule has 0 saturated heterocycles. The predicted molar refractivity (Wildman–Crippen MR) is 90.5 cm³/mol. The number of fused-ring (bicyclic) bond motifs is 1. The summed E-state index contributed by atoms with van der Waals surface area (Å²) in [6.45, 7) is 3.80. The highest BCUT2D eigenvalue weighted by Gasteiger charge is 2.09. The number of rotatable bonds is 3. The first-order valence-electron chi connectivity index (χ1n) is 7.36. The van der Waals surface area contributed by atoms with Crippen molar-refractivity contribution in [3.8, 4) is 0 Å². The van der Waals surface area contributed by atoms with Gasteiger partial charge in [-0.2, -0.15) is 0 Å². The van der Waals surface area contributed by atoms with Crippen LogP contribution in [0.4, 0.5) is 5.69 Å². The number of para-hydroxylation sites is 1. The van der Waals surface area contributed by atoms with Crippen LogP contribution >= 0.6 is 0 Å². The standard InChI is InChI=1S/C18H17N3O2/c1-12-9-15(22)10-13(2)21(12)11-17(23)20-16-7-3-5-14-6-4-8-19-18(14)16/h3-10H,11H2,1-2H3,(H,20,23). The molecule has 0 atom stereocenters. The Labute approximate surface area is 133 Å². The third-order valence-corrected chi connectivity index (χ3v) is 3.76. The van der Waals surface area contributed by atoms with Gasteiger partial charge < -0.3 is 9.88 Å². The molecule has 0 saturated carbocycles. The fourth-order valence-corrected chi connectivity index (χ4v) is 2.68. The number of carbonyl (C=O) groups excluding carboxylic acids is 1. The van der Waals surface area contributed by atoms with E-state index in [1.807, 2.05) is 48.7 Å². The molecule has 1 aromatic carbocycles. The molecule has 0 unspecified atom stereocenters. The minimum absolute atomic E-state index is 0.0464. The fourth-order valence-electron chi connectivity index (χ4n) is 2.68. The molecule has 0 spiro atoms. The van der Waals surface area contributed by atoms with Gasteiger partial charge in [0.25, 0.3) is 0 Å². The number of aryl methyl sites for hydroxylation is 2. The average Bonchev–Trinajstić information content (AvgIpc) is 2.51. The predicted octanol–water partition coefficient (Wildman–Crippen LogP) is 2.65. The fraction of sp³-hybridized carbons (Fsp3) is 0.167. The Morgan fingerprint density at radius 1 is 1.13 bits per heavy atom. The van der Waals surface area contributed by atoms with E-state index in [4.69, 9.17) is 0 Å². The Balaban J connectivity index is 1.86. The molecular formula is C18H17N3O2. The monoisotopic (exact) mass is 307 g/mol. The van der Waals surface area contributed by atoms with Crippen molar-refractivity contribution in [2.24, 2.45) is 0 Å².